The average Bonchev–Trinajstić information content (AvgIpc) is 2.69. The van der Waals surface area contributed by atoms with Crippen molar-refractivity contribution in [2.45, 2.75) is 52.5 Å². The second kappa shape index (κ2) is 9.03. The minimum absolute atomic E-state index is 0.00555. The molecule has 2 amide bonds. The topological polar surface area (TPSA) is 58.6 Å². The molecule has 2 atom stereocenters. The van der Waals surface area contributed by atoms with Gasteiger partial charge in [-0.15, -0.1) is 0 Å². The first kappa shape index (κ1) is 18.0. The Morgan fingerprint density at radius 1 is 1.29 bits per heavy atom. The smallest absolute Gasteiger partial charge is 0.246 e. The van der Waals surface area contributed by atoms with Crippen LogP contribution in [0.5, 0.6) is 0 Å². The van der Waals surface area contributed by atoms with E-state index in [2.05, 4.69) is 12.2 Å². The normalized spacial score (nSPS) is 21.0. The fourth-order valence-electron chi connectivity index (χ4n) is 2.85. The molecule has 0 spiro atoms. The van der Waals surface area contributed by atoms with Crippen LogP contribution in [-0.2, 0) is 14.3 Å². The van der Waals surface area contributed by atoms with Crippen LogP contribution in [0.1, 0.15) is 46.5 Å². The van der Waals surface area contributed by atoms with Gasteiger partial charge in [0.25, 0.3) is 0 Å². The summed E-state index contributed by atoms with van der Waals surface area (Å²) in [6.45, 7) is 7.74. The summed E-state index contributed by atoms with van der Waals surface area (Å²) in [5.41, 5.74) is 0. The summed E-state index contributed by atoms with van der Waals surface area (Å²) in [5.74, 6) is 0.615. The number of likely N-dealkylation sites (tertiary alicyclic amines) is 1. The molecule has 1 saturated heterocycles. The van der Waals surface area contributed by atoms with Gasteiger partial charge in [0.2, 0.25) is 11.8 Å². The molecule has 0 aromatic heterocycles. The third kappa shape index (κ3) is 5.65. The van der Waals surface area contributed by atoms with Crippen LogP contribution in [0.15, 0.2) is 0 Å². The number of hydrogen-bond donors (Lipinski definition) is 1. The van der Waals surface area contributed by atoms with Crippen molar-refractivity contribution in [3.05, 3.63) is 0 Å². The van der Waals surface area contributed by atoms with Crippen LogP contribution in [0.2, 0.25) is 0 Å². The zero-order valence-corrected chi connectivity index (χ0v) is 13.9. The number of carbonyl (C=O) groups excluding carboxylic acids is 2. The highest BCUT2D eigenvalue weighted by molar-refractivity contribution is 5.88. The number of nitrogens with one attached hydrogen (secondary N) is 1. The van der Waals surface area contributed by atoms with E-state index in [4.69, 9.17) is 4.74 Å². The fourth-order valence-corrected chi connectivity index (χ4v) is 2.85. The van der Waals surface area contributed by atoms with Crippen molar-refractivity contribution in [3.8, 4) is 0 Å². The molecule has 122 valence electrons. The molecule has 0 radical (unpaired) electrons. The van der Waals surface area contributed by atoms with E-state index in [9.17, 15) is 9.59 Å². The highest BCUT2D eigenvalue weighted by Gasteiger charge is 2.29. The Balaban J connectivity index is 2.65. The monoisotopic (exact) mass is 298 g/mol. The number of carbonyl (C=O) groups is 2. The largest absolute Gasteiger partial charge is 0.375 e. The van der Waals surface area contributed by atoms with Crippen LogP contribution < -0.4 is 5.32 Å². The summed E-state index contributed by atoms with van der Waals surface area (Å²) in [6.07, 6.45) is 4.50. The van der Waals surface area contributed by atoms with Gasteiger partial charge in [0.05, 0.1) is 0 Å². The van der Waals surface area contributed by atoms with E-state index in [1.807, 2.05) is 18.7 Å². The Hall–Kier alpha value is -1.10. The number of ether oxygens (including phenoxy) is 1. The van der Waals surface area contributed by atoms with E-state index in [-0.39, 0.29) is 24.3 Å². The van der Waals surface area contributed by atoms with Crippen molar-refractivity contribution in [2.75, 3.05) is 26.8 Å². The fraction of sp³-hybridized carbons (Fsp3) is 0.875. The van der Waals surface area contributed by atoms with E-state index in [0.29, 0.717) is 0 Å². The predicted molar refractivity (Wildman–Crippen MR) is 82.9 cm³/mol. The lowest BCUT2D eigenvalue weighted by atomic mass is 9.98. The zero-order valence-electron chi connectivity index (χ0n) is 13.9. The van der Waals surface area contributed by atoms with E-state index in [1.54, 1.807) is 0 Å². The first-order valence-corrected chi connectivity index (χ1v) is 8.06. The summed E-state index contributed by atoms with van der Waals surface area (Å²) < 4.78 is 4.82. The van der Waals surface area contributed by atoms with Gasteiger partial charge in [-0.3, -0.25) is 9.59 Å². The molecule has 1 fully saturated rings. The molecule has 0 unspecified atom stereocenters. The van der Waals surface area contributed by atoms with Crippen LogP contribution in [0.3, 0.4) is 0 Å². The maximum Gasteiger partial charge on any atom is 0.246 e. The van der Waals surface area contributed by atoms with Crippen LogP contribution in [0, 0.1) is 11.8 Å². The van der Waals surface area contributed by atoms with Crippen LogP contribution in [0.25, 0.3) is 0 Å². The molecule has 0 aromatic rings. The minimum atomic E-state index is -0.453. The molecule has 1 N–H and O–H groups in total. The second-order valence-electron chi connectivity index (χ2n) is 6.25. The van der Waals surface area contributed by atoms with E-state index in [0.717, 1.165) is 31.8 Å². The molecule has 0 aromatic carbocycles. The maximum absolute atomic E-state index is 12.7. The molecule has 1 aliphatic rings. The maximum atomic E-state index is 12.7. The van der Waals surface area contributed by atoms with Crippen LogP contribution in [-0.4, -0.2) is 49.6 Å². The van der Waals surface area contributed by atoms with Crippen molar-refractivity contribution in [1.82, 2.24) is 10.2 Å². The molecule has 5 nitrogen and oxygen atoms in total. The number of nitrogens with zero attached hydrogens (tertiary/aromatic N) is 1. The van der Waals surface area contributed by atoms with Crippen LogP contribution in [0.4, 0.5) is 0 Å². The van der Waals surface area contributed by atoms with Crippen molar-refractivity contribution in [2.24, 2.45) is 11.8 Å². The molecule has 0 saturated carbocycles. The Bertz CT molecular complexity index is 344. The molecule has 1 aliphatic heterocycles. The first-order valence-electron chi connectivity index (χ1n) is 8.06. The lowest BCUT2D eigenvalue weighted by Gasteiger charge is -2.29. The zero-order chi connectivity index (χ0) is 15.8. The van der Waals surface area contributed by atoms with E-state index in [1.165, 1.54) is 20.0 Å². The quantitative estimate of drug-likeness (QED) is 0.813. The predicted octanol–water partition coefficient (Wildman–Crippen LogP) is 1.81. The van der Waals surface area contributed by atoms with Gasteiger partial charge in [0, 0.05) is 20.2 Å². The summed E-state index contributed by atoms with van der Waals surface area (Å²) in [4.78, 5) is 26.3. The molecule has 0 bridgehead atoms. The number of amides is 2. The van der Waals surface area contributed by atoms with Crippen molar-refractivity contribution in [1.29, 1.82) is 0 Å². The van der Waals surface area contributed by atoms with Gasteiger partial charge in [0.1, 0.15) is 12.6 Å². The van der Waals surface area contributed by atoms with E-state index < -0.39 is 6.04 Å². The number of hydrogen-bond acceptors (Lipinski definition) is 3. The Morgan fingerprint density at radius 2 is 2.00 bits per heavy atom. The lowest BCUT2D eigenvalue weighted by molar-refractivity contribution is -0.138. The van der Waals surface area contributed by atoms with Gasteiger partial charge in [-0.2, -0.15) is 0 Å². The molecule has 0 aliphatic carbocycles. The van der Waals surface area contributed by atoms with Crippen molar-refractivity contribution in [3.63, 3.8) is 0 Å². The number of methoxy groups -OCH3 is 1. The highest BCUT2D eigenvalue weighted by atomic mass is 16.5. The Kier molecular flexibility index (Phi) is 7.72. The lowest BCUT2D eigenvalue weighted by Crippen LogP contribution is -2.52. The van der Waals surface area contributed by atoms with Gasteiger partial charge >= 0.3 is 0 Å². The average molecular weight is 298 g/mol. The van der Waals surface area contributed by atoms with Gasteiger partial charge < -0.3 is 15.0 Å². The van der Waals surface area contributed by atoms with E-state index >= 15 is 0 Å². The van der Waals surface area contributed by atoms with Gasteiger partial charge in [-0.05, 0) is 31.1 Å². The molecular formula is C16H30N2O3. The summed E-state index contributed by atoms with van der Waals surface area (Å²) in [7, 11) is 1.48. The number of rotatable bonds is 6. The summed E-state index contributed by atoms with van der Waals surface area (Å²) in [5, 5.41) is 2.80. The standard InChI is InChI=1S/C16H30N2O3/c1-5-13-7-6-9-18(10-8-13)16(20)15(12(2)3)17-14(19)11-21-4/h12-13,15H,5-11H2,1-4H3,(H,17,19)/t13-,15+/m1/s1. The Morgan fingerprint density at radius 3 is 2.57 bits per heavy atom. The molecular weight excluding hydrogens is 268 g/mol. The molecule has 1 rings (SSSR count). The summed E-state index contributed by atoms with van der Waals surface area (Å²) in [6, 6.07) is -0.453. The van der Waals surface area contributed by atoms with Crippen LogP contribution >= 0.6 is 0 Å². The second-order valence-corrected chi connectivity index (χ2v) is 6.25. The third-order valence-corrected chi connectivity index (χ3v) is 4.26. The molecule has 5 heteroatoms. The minimum Gasteiger partial charge on any atom is -0.375 e. The van der Waals surface area contributed by atoms with Gasteiger partial charge in [-0.1, -0.05) is 27.2 Å². The van der Waals surface area contributed by atoms with Crippen molar-refractivity contribution >= 4 is 11.8 Å². The molecule has 1 heterocycles. The third-order valence-electron chi connectivity index (χ3n) is 4.26. The molecule has 21 heavy (non-hydrogen) atoms. The Labute approximate surface area is 128 Å². The van der Waals surface area contributed by atoms with Gasteiger partial charge in [-0.25, -0.2) is 0 Å². The highest BCUT2D eigenvalue weighted by Crippen LogP contribution is 2.21. The first-order chi connectivity index (χ1) is 9.99. The summed E-state index contributed by atoms with van der Waals surface area (Å²) >= 11 is 0. The SMILES string of the molecule is CC[C@@H]1CCCN(C(=O)[C@@H](NC(=O)COC)C(C)C)CC1. The van der Waals surface area contributed by atoms with Gasteiger partial charge in [0.15, 0.2) is 0 Å². The van der Waals surface area contributed by atoms with Crippen molar-refractivity contribution < 1.29 is 14.3 Å².